The Labute approximate surface area is 797 Å². The molecular weight excluding hydrogens is 1690 g/mol. The fourth-order valence-electron chi connectivity index (χ4n) is 22.3. The van der Waals surface area contributed by atoms with E-state index in [1.807, 2.05) is 36.4 Å². The van der Waals surface area contributed by atoms with Gasteiger partial charge in [0.05, 0.1) is 65.6 Å². The molecule has 0 unspecified atom stereocenters. The predicted octanol–water partition coefficient (Wildman–Crippen LogP) is 26.2. The van der Waals surface area contributed by atoms with Gasteiger partial charge in [-0.1, -0.05) is 345 Å². The van der Waals surface area contributed by atoms with E-state index < -0.39 is 0 Å². The summed E-state index contributed by atoms with van der Waals surface area (Å²) in [5, 5.41) is 7.17. The second-order valence-corrected chi connectivity index (χ2v) is 37.4. The third-order valence-electron chi connectivity index (χ3n) is 28.4. The van der Waals surface area contributed by atoms with Gasteiger partial charge in [-0.25, -0.2) is 0 Å². The van der Waals surface area contributed by atoms with Crippen molar-refractivity contribution < 1.29 is 23.7 Å². The van der Waals surface area contributed by atoms with Crippen LogP contribution in [0.1, 0.15) is 25.0 Å². The molecule has 0 radical (unpaired) electrons. The Morgan fingerprint density at radius 3 is 1.09 bits per heavy atom. The second kappa shape index (κ2) is 32.1. The predicted molar refractivity (Wildman–Crippen MR) is 567 cm³/mol. The van der Waals surface area contributed by atoms with Crippen molar-refractivity contribution in [3.8, 4) is 74.6 Å². The minimum atomic E-state index is -0.186. The molecule has 137 heavy (non-hydrogen) atoms. The lowest BCUT2D eigenvalue weighted by molar-refractivity contribution is 0.458. The number of benzene rings is 20. The largest absolute Gasteiger partial charge is 0.458 e. The van der Waals surface area contributed by atoms with Gasteiger partial charge < -0.3 is 47.2 Å². The molecule has 0 amide bonds. The Bertz CT molecular complexity index is 8830. The van der Waals surface area contributed by atoms with Crippen LogP contribution in [0.3, 0.4) is 0 Å². The van der Waals surface area contributed by atoms with Crippen LogP contribution < -0.4 is 82.6 Å². The third-order valence-corrected chi connectivity index (χ3v) is 29.5. The van der Waals surface area contributed by atoms with Crippen LogP contribution in [0.25, 0.3) is 82.5 Å². The fraction of sp³-hybridized carbons (Fsp3) is 0.0244. The Morgan fingerprint density at radius 1 is 0.212 bits per heavy atom. The monoisotopic (exact) mass is 1770 g/mol. The summed E-state index contributed by atoms with van der Waals surface area (Å²) in [7, 11) is 0. The zero-order valence-electron chi connectivity index (χ0n) is 74.8. The van der Waals surface area contributed by atoms with E-state index in [4.69, 9.17) is 23.7 Å². The second-order valence-electron chi connectivity index (χ2n) is 36.4. The van der Waals surface area contributed by atoms with E-state index in [0.717, 1.165) is 140 Å². The van der Waals surface area contributed by atoms with Gasteiger partial charge in [0.15, 0.2) is 17.2 Å². The maximum absolute atomic E-state index is 6.87. The molecule has 0 spiro atoms. The summed E-state index contributed by atoms with van der Waals surface area (Å²) in [5.41, 5.74) is 29.8. The Morgan fingerprint density at radius 2 is 0.584 bits per heavy atom. The topological polar surface area (TPSA) is 67.4 Å². The molecule has 0 saturated heterocycles. The summed E-state index contributed by atoms with van der Waals surface area (Å²) < 4.78 is 40.6. The molecule has 0 saturated carbocycles. The Kier molecular flexibility index (Phi) is 18.7. The first-order chi connectivity index (χ1) is 67.7. The summed E-state index contributed by atoms with van der Waals surface area (Å²) in [4.78, 5) is 6.99. The summed E-state index contributed by atoms with van der Waals surface area (Å²) in [6.45, 7) is 5.00. The smallest absolute Gasteiger partial charge is 0.250 e. The van der Waals surface area contributed by atoms with Gasteiger partial charge in [-0.05, 0) is 183 Å². The number of nitrogens with zero attached hydrogens (tertiary/aromatic N) is 5. The van der Waals surface area contributed by atoms with Gasteiger partial charge in [-0.3, -0.25) is 0 Å². The summed E-state index contributed by atoms with van der Waals surface area (Å²) in [5.74, 6) is 8.79. The number of hydrogen-bond donors (Lipinski definition) is 0. The van der Waals surface area contributed by atoms with E-state index in [0.29, 0.717) is 0 Å². The van der Waals surface area contributed by atoms with Crippen LogP contribution in [0.2, 0.25) is 0 Å². The lowest BCUT2D eigenvalue weighted by Crippen LogP contribution is -2.54. The molecule has 0 aliphatic carbocycles. The van der Waals surface area contributed by atoms with Crippen LogP contribution >= 0.6 is 11.8 Å². The highest BCUT2D eigenvalue weighted by atomic mass is 32.2. The first kappa shape index (κ1) is 79.7. The quantitative estimate of drug-likeness (QED) is 0.139. The number of ether oxygens (including phenoxy) is 5. The van der Waals surface area contributed by atoms with E-state index in [1.165, 1.54) is 104 Å². The van der Waals surface area contributed by atoms with Crippen molar-refractivity contribution in [1.82, 2.24) is 13.7 Å². The SMILES string of the molecule is CC1(C)c2ccccc2N(c2ccccc2)c2cc3c(cc21)c1ccccc1n3-c1ccc2c(c1)Oc1ccccc1B2c1ccccc1.c1ccc(B2c3ccccc3Oc3cc(-n4c5ccccc5c5ccc6c(c54)Oc4ccccc4N6c4ccccc4)ccc32)cc1.c1ccc(B2c3ccccc3Oc3cc(-n4c5ccccc5c5ccc6c(c54)Oc4ccccc4S6)ccc32)cc1. The average Bonchev–Trinajstić information content (AvgIpc) is 1.28. The Balaban J connectivity index is 0.000000104. The lowest BCUT2D eigenvalue weighted by Gasteiger charge is -2.42. The number of para-hydroxylation sites is 12. The molecule has 14 heteroatoms. The number of fused-ring (bicyclic) bond motifs is 23. The first-order valence-electron chi connectivity index (χ1n) is 46.8. The number of rotatable bonds is 8. The molecule has 20 aromatic carbocycles. The molecule has 644 valence electrons. The Hall–Kier alpha value is -17.1. The standard InChI is InChI=1S/C45H33BN2O.C42H27BN2O2.C36H22BNO2S/c1-45(2)35-20-10-13-23-40(35)47(31-17-7-4-8-18-31)42-29-41-34(28-36(42)45)33-19-9-12-22-39(33)48(41)32-25-26-38-44(27-32)49-43-24-14-11-21-37(43)46(38)30-15-5-3-6-16-30;1-3-13-28(14-4-1)43-33-18-8-11-21-38(33)46-40-27-30(23-25-34(40)43)45-35-19-9-7-17-31(35)32-24-26-37-42(41(32)45)47-39-22-12-10-20-36(39)44(37)29-15-5-2-6-16-29;1-2-10-23(11-3-1)37-27-13-5-7-15-30(27)39-32-22-24(18-20-28(32)37)38-29-14-6-4-12-25(29)26-19-21-34-36(35(26)38)40-31-16-8-9-17-33(31)41-34/h3-29H,1-2H3;1-27H;1-22H. The molecule has 6 aliphatic rings. The fourth-order valence-corrected chi connectivity index (χ4v) is 23.2. The van der Waals surface area contributed by atoms with Crippen LogP contribution in [0.4, 0.5) is 34.1 Å². The summed E-state index contributed by atoms with van der Waals surface area (Å²) >= 11 is 1.76. The van der Waals surface area contributed by atoms with Crippen LogP contribution in [-0.2, 0) is 5.41 Å². The minimum Gasteiger partial charge on any atom is -0.458 e. The highest BCUT2D eigenvalue weighted by Crippen LogP contribution is 2.58. The van der Waals surface area contributed by atoms with Gasteiger partial charge in [0.2, 0.25) is 0 Å². The maximum Gasteiger partial charge on any atom is 0.250 e. The lowest BCUT2D eigenvalue weighted by atomic mass is 9.36. The number of hydrogen-bond acceptors (Lipinski definition) is 8. The summed E-state index contributed by atoms with van der Waals surface area (Å²) in [6.07, 6.45) is 0. The van der Waals surface area contributed by atoms with E-state index in [1.54, 1.807) is 11.8 Å². The zero-order valence-corrected chi connectivity index (χ0v) is 75.6. The van der Waals surface area contributed by atoms with Crippen molar-refractivity contribution in [1.29, 1.82) is 0 Å². The molecule has 23 aromatic rings. The highest BCUT2D eigenvalue weighted by Gasteiger charge is 2.41. The molecule has 0 N–H and O–H groups in total. The average molecular weight is 1770 g/mol. The van der Waals surface area contributed by atoms with Crippen LogP contribution in [0, 0.1) is 0 Å². The van der Waals surface area contributed by atoms with E-state index in [9.17, 15) is 0 Å². The van der Waals surface area contributed by atoms with Crippen molar-refractivity contribution >= 4 is 181 Å². The molecule has 29 rings (SSSR count). The minimum absolute atomic E-state index is 0.0791. The first-order valence-corrected chi connectivity index (χ1v) is 47.7. The van der Waals surface area contributed by atoms with Crippen LogP contribution in [0.5, 0.6) is 57.5 Å². The molecule has 10 nitrogen and oxygen atoms in total. The molecule has 6 aliphatic heterocycles. The molecule has 0 atom stereocenters. The van der Waals surface area contributed by atoms with E-state index >= 15 is 0 Å². The van der Waals surface area contributed by atoms with Gasteiger partial charge >= 0.3 is 0 Å². The molecule has 3 aromatic heterocycles. The van der Waals surface area contributed by atoms with Gasteiger partial charge in [-0.15, -0.1) is 0 Å². The number of aromatic nitrogens is 3. The van der Waals surface area contributed by atoms with Gasteiger partial charge in [0.1, 0.15) is 40.2 Å². The van der Waals surface area contributed by atoms with Gasteiger partial charge in [-0.2, -0.15) is 0 Å². The van der Waals surface area contributed by atoms with E-state index in [2.05, 4.69) is 462 Å². The molecule has 0 fully saturated rings. The van der Waals surface area contributed by atoms with Gasteiger partial charge in [0, 0.05) is 84.4 Å². The van der Waals surface area contributed by atoms with Crippen molar-refractivity contribution in [2.45, 2.75) is 29.1 Å². The van der Waals surface area contributed by atoms with Crippen molar-refractivity contribution in [2.24, 2.45) is 0 Å². The molecular formula is C123H82B3N5O5S. The van der Waals surface area contributed by atoms with Crippen molar-refractivity contribution in [3.05, 3.63) is 472 Å². The molecule has 0 bridgehead atoms. The van der Waals surface area contributed by atoms with Crippen molar-refractivity contribution in [3.63, 3.8) is 0 Å². The van der Waals surface area contributed by atoms with Crippen LogP contribution in [0.15, 0.2) is 471 Å². The highest BCUT2D eigenvalue weighted by molar-refractivity contribution is 7.99. The third kappa shape index (κ3) is 12.9. The summed E-state index contributed by atoms with van der Waals surface area (Å²) in [6, 6.07) is 164. The molecule has 9 heterocycles. The van der Waals surface area contributed by atoms with Gasteiger partial charge in [0.25, 0.3) is 20.1 Å². The number of anilines is 6. The van der Waals surface area contributed by atoms with E-state index in [-0.39, 0.29) is 25.6 Å². The zero-order chi connectivity index (χ0) is 90.5. The van der Waals surface area contributed by atoms with Crippen molar-refractivity contribution in [2.75, 3.05) is 9.80 Å². The van der Waals surface area contributed by atoms with Crippen LogP contribution in [-0.4, -0.2) is 33.8 Å². The normalized spacial score (nSPS) is 13.4. The maximum atomic E-state index is 6.87.